The molecule has 0 aromatic heterocycles. The molecule has 6 aliphatic carbocycles. The highest BCUT2D eigenvalue weighted by atomic mass is 16.7. The molecule has 6 saturated carbocycles. The molecule has 4 bridgehead atoms. The van der Waals surface area contributed by atoms with Crippen LogP contribution in [0.4, 0.5) is 0 Å². The number of carbonyl (C=O) groups excluding carboxylic acids is 2. The number of ether oxygens (including phenoxy) is 6. The first-order valence-electron chi connectivity index (χ1n) is 20.8. The molecule has 0 saturated heterocycles. The van der Waals surface area contributed by atoms with E-state index in [9.17, 15) is 9.59 Å². The lowest BCUT2D eigenvalue weighted by atomic mass is 9.44. The fourth-order valence-corrected chi connectivity index (χ4v) is 14.0. The fourth-order valence-electron chi connectivity index (χ4n) is 14.0. The van der Waals surface area contributed by atoms with Gasteiger partial charge in [-0.25, -0.2) is 0 Å². The smallest absolute Gasteiger partial charge is 0.146 e. The highest BCUT2D eigenvalue weighted by Gasteiger charge is 2.69. The Morgan fingerprint density at radius 3 is 1.60 bits per heavy atom. The van der Waals surface area contributed by atoms with Gasteiger partial charge in [0.2, 0.25) is 0 Å². The summed E-state index contributed by atoms with van der Waals surface area (Å²) in [4.78, 5) is 27.0. The van der Waals surface area contributed by atoms with Crippen molar-refractivity contribution in [3.05, 3.63) is 0 Å². The van der Waals surface area contributed by atoms with Crippen LogP contribution in [0, 0.1) is 80.8 Å². The lowest BCUT2D eigenvalue weighted by molar-refractivity contribution is -0.219. The zero-order valence-corrected chi connectivity index (χ0v) is 35.4. The van der Waals surface area contributed by atoms with Gasteiger partial charge in [0.15, 0.2) is 0 Å². The molecule has 0 amide bonds. The van der Waals surface area contributed by atoms with Crippen LogP contribution in [0.1, 0.15) is 126 Å². The largest absolute Gasteiger partial charge is 0.381 e. The summed E-state index contributed by atoms with van der Waals surface area (Å²) < 4.78 is 35.2. The highest BCUT2D eigenvalue weighted by molar-refractivity contribution is 5.88. The van der Waals surface area contributed by atoms with Gasteiger partial charge in [-0.05, 0) is 98.7 Å². The molecule has 0 radical (unpaired) electrons. The Balaban J connectivity index is 0.000000206. The zero-order valence-electron chi connectivity index (χ0n) is 35.4. The standard InChI is InChI=1S/C24H38O4.C21H36O4/c1-8-11-22(4)14-19(28-15-26-6)23(5)16(2)9-12-24(17(3)21(22)25)13-10-18(27-7)20(23)24;1-13-11-17(25-12-23-5)20(4)14(2)7-9-21(15(3)18(13)22)10-8-16(24-6)19(20)21/h1,16-20H,9-15H2,2-7H3;13-17,19H,7-12H2,1-6H3/t16-,17+,18-,19-,20?,22-,23+,24?;13-,14+,15-,16+,17+,19?,20-,21?/m10/s1. The van der Waals surface area contributed by atoms with Crippen LogP contribution in [-0.4, -0.2) is 78.0 Å². The maximum atomic E-state index is 13.8. The summed E-state index contributed by atoms with van der Waals surface area (Å²) in [5.41, 5.74) is -0.587. The van der Waals surface area contributed by atoms with Gasteiger partial charge in [-0.15, -0.1) is 12.3 Å². The van der Waals surface area contributed by atoms with E-state index in [2.05, 4.69) is 61.3 Å². The Morgan fingerprint density at radius 1 is 0.679 bits per heavy atom. The van der Waals surface area contributed by atoms with Crippen LogP contribution in [0.5, 0.6) is 0 Å². The Hall–Kier alpha value is -1.34. The summed E-state index contributed by atoms with van der Waals surface area (Å²) in [6.07, 6.45) is 16.7. The molecule has 6 fully saturated rings. The van der Waals surface area contributed by atoms with Crippen LogP contribution < -0.4 is 0 Å². The monoisotopic (exact) mass is 743 g/mol. The van der Waals surface area contributed by atoms with Gasteiger partial charge in [-0.2, -0.15) is 0 Å². The van der Waals surface area contributed by atoms with Crippen molar-refractivity contribution in [2.75, 3.05) is 42.0 Å². The van der Waals surface area contributed by atoms with Crippen molar-refractivity contribution in [3.8, 4) is 12.3 Å². The van der Waals surface area contributed by atoms with E-state index in [1.54, 1.807) is 14.2 Å². The van der Waals surface area contributed by atoms with Gasteiger partial charge in [-0.1, -0.05) is 55.4 Å². The predicted molar refractivity (Wildman–Crippen MR) is 207 cm³/mol. The highest BCUT2D eigenvalue weighted by Crippen LogP contribution is 2.70. The number of rotatable bonds is 9. The molecule has 53 heavy (non-hydrogen) atoms. The molecule has 0 heterocycles. The average molecular weight is 743 g/mol. The van der Waals surface area contributed by atoms with Gasteiger partial charge in [0.05, 0.1) is 24.4 Å². The maximum Gasteiger partial charge on any atom is 0.146 e. The first-order chi connectivity index (χ1) is 25.0. The summed E-state index contributed by atoms with van der Waals surface area (Å²) in [6.45, 7) is 18.5. The normalized spacial score (nSPS) is 49.3. The van der Waals surface area contributed by atoms with Crippen molar-refractivity contribution in [3.63, 3.8) is 0 Å². The van der Waals surface area contributed by atoms with Crippen molar-refractivity contribution in [1.82, 2.24) is 0 Å². The van der Waals surface area contributed by atoms with Crippen molar-refractivity contribution in [2.24, 2.45) is 68.5 Å². The van der Waals surface area contributed by atoms with Crippen molar-refractivity contribution < 1.29 is 38.0 Å². The maximum absolute atomic E-state index is 13.8. The topological polar surface area (TPSA) is 89.5 Å². The molecule has 6 rings (SSSR count). The summed E-state index contributed by atoms with van der Waals surface area (Å²) >= 11 is 0. The minimum atomic E-state index is -0.561. The Kier molecular flexibility index (Phi) is 13.1. The van der Waals surface area contributed by atoms with Gasteiger partial charge < -0.3 is 28.4 Å². The molecule has 4 unspecified atom stereocenters. The number of hydrogen-bond acceptors (Lipinski definition) is 8. The van der Waals surface area contributed by atoms with Crippen molar-refractivity contribution in [1.29, 1.82) is 0 Å². The molecule has 8 nitrogen and oxygen atoms in total. The minimum absolute atomic E-state index is 0.00815. The van der Waals surface area contributed by atoms with Crippen LogP contribution >= 0.6 is 0 Å². The predicted octanol–water partition coefficient (Wildman–Crippen LogP) is 8.53. The van der Waals surface area contributed by atoms with E-state index in [0.29, 0.717) is 54.9 Å². The summed E-state index contributed by atoms with van der Waals surface area (Å²) in [6, 6.07) is 0. The second-order valence-electron chi connectivity index (χ2n) is 19.3. The van der Waals surface area contributed by atoms with Crippen LogP contribution in [0.15, 0.2) is 0 Å². The Labute approximate surface area is 322 Å². The molecular formula is C45H74O8. The van der Waals surface area contributed by atoms with E-state index in [-0.39, 0.29) is 70.6 Å². The third-order valence-corrected chi connectivity index (χ3v) is 17.4. The van der Waals surface area contributed by atoms with E-state index >= 15 is 0 Å². The van der Waals surface area contributed by atoms with Crippen molar-refractivity contribution >= 4 is 11.6 Å². The average Bonchev–Trinajstić information content (AvgIpc) is 3.74. The molecule has 0 aromatic carbocycles. The lowest BCUT2D eigenvalue weighted by Crippen LogP contribution is -2.62. The molecule has 6 aliphatic rings. The van der Waals surface area contributed by atoms with Crippen LogP contribution in [0.2, 0.25) is 0 Å². The third kappa shape index (κ3) is 6.71. The molecular weight excluding hydrogens is 668 g/mol. The van der Waals surface area contributed by atoms with Gasteiger partial charge in [0, 0.05) is 68.9 Å². The zero-order chi connectivity index (χ0) is 39.1. The second kappa shape index (κ2) is 16.3. The van der Waals surface area contributed by atoms with E-state index < -0.39 is 5.41 Å². The number of carbonyl (C=O) groups is 2. The van der Waals surface area contributed by atoms with Crippen molar-refractivity contribution in [2.45, 2.75) is 150 Å². The van der Waals surface area contributed by atoms with E-state index in [4.69, 9.17) is 34.8 Å². The quantitative estimate of drug-likeness (QED) is 0.172. The minimum Gasteiger partial charge on any atom is -0.381 e. The van der Waals surface area contributed by atoms with Crippen LogP contribution in [0.3, 0.4) is 0 Å². The van der Waals surface area contributed by atoms with Crippen LogP contribution in [0.25, 0.3) is 0 Å². The Bertz CT molecular complexity index is 1340. The number of methoxy groups -OCH3 is 4. The van der Waals surface area contributed by atoms with Gasteiger partial charge in [0.25, 0.3) is 0 Å². The molecule has 302 valence electrons. The van der Waals surface area contributed by atoms with E-state index in [1.165, 1.54) is 6.42 Å². The first-order valence-corrected chi connectivity index (χ1v) is 20.8. The number of Topliss-reactive ketones (excluding diaryl/α,β-unsaturated/α-hetero) is 2. The molecule has 8 heteroatoms. The van der Waals surface area contributed by atoms with Crippen LogP contribution in [-0.2, 0) is 38.0 Å². The van der Waals surface area contributed by atoms with Gasteiger partial charge >= 0.3 is 0 Å². The number of hydrogen-bond donors (Lipinski definition) is 0. The summed E-state index contributed by atoms with van der Waals surface area (Å²) in [7, 11) is 6.99. The lowest BCUT2D eigenvalue weighted by Gasteiger charge is -2.62. The molecule has 0 aromatic rings. The molecule has 0 spiro atoms. The Morgan fingerprint density at radius 2 is 1.13 bits per heavy atom. The summed E-state index contributed by atoms with van der Waals surface area (Å²) in [5, 5.41) is 0. The second-order valence-corrected chi connectivity index (χ2v) is 19.3. The molecule has 0 N–H and O–H groups in total. The van der Waals surface area contributed by atoms with Gasteiger partial charge in [0.1, 0.15) is 25.2 Å². The number of ketones is 2. The molecule has 16 atom stereocenters. The third-order valence-electron chi connectivity index (χ3n) is 17.4. The fraction of sp³-hybridized carbons (Fsp3) is 0.911. The van der Waals surface area contributed by atoms with Gasteiger partial charge in [-0.3, -0.25) is 9.59 Å². The van der Waals surface area contributed by atoms with E-state index in [1.807, 2.05) is 14.2 Å². The molecule has 0 aliphatic heterocycles. The number of terminal acetylenes is 1. The summed E-state index contributed by atoms with van der Waals surface area (Å²) in [5.74, 6) is 5.40. The first kappa shape index (κ1) is 42.8. The SMILES string of the molecule is C#CC[C@]1(C)C[C@@H](OCOC)[C@@]2(C)C3[C@H](OC)CCC3(CC[C@H]2C)[C@@H](C)C1=O.COCO[C@@H]1C[C@H](C)C(=O)[C@H](C)C23CC[C@@H](C)[C@]1(C)C2[C@H](OC)CC3. The van der Waals surface area contributed by atoms with E-state index in [0.717, 1.165) is 51.4 Å².